The highest BCUT2D eigenvalue weighted by Crippen LogP contribution is 2.41. The molecule has 0 bridgehead atoms. The van der Waals surface area contributed by atoms with Gasteiger partial charge in [-0.25, -0.2) is 9.18 Å². The summed E-state index contributed by atoms with van der Waals surface area (Å²) in [5.41, 5.74) is 0.985. The summed E-state index contributed by atoms with van der Waals surface area (Å²) >= 11 is 0. The number of rotatable bonds is 4. The van der Waals surface area contributed by atoms with Crippen molar-refractivity contribution in [2.75, 3.05) is 50.8 Å². The number of hydrogen-bond acceptors (Lipinski definition) is 8. The number of hydrogen-bond donors (Lipinski definition) is 0. The quantitative estimate of drug-likeness (QED) is 0.601. The Kier molecular flexibility index (Phi) is 6.25. The lowest BCUT2D eigenvalue weighted by Crippen LogP contribution is -2.56. The van der Waals surface area contributed by atoms with E-state index >= 15 is 0 Å². The summed E-state index contributed by atoms with van der Waals surface area (Å²) in [6.45, 7) is 10.9. The Morgan fingerprint density at radius 2 is 1.97 bits per heavy atom. The van der Waals surface area contributed by atoms with E-state index in [1.807, 2.05) is 20.8 Å². The van der Waals surface area contributed by atoms with Crippen LogP contribution < -0.4 is 9.64 Å². The standard InChI is InChI=1S/C27H40FN5O4/c1-25(2,3)37-24(34)31-12-6-20-21(16-31)29-23(35-18-26-7-4-11-33(26)15-19(28)14-26)30-22(20)32-10-5-8-27(17-32)9-13-36-27/h19H,4-18H2,1-3H3/t19-,26+,27?/m1/s1. The second kappa shape index (κ2) is 9.22. The van der Waals surface area contributed by atoms with Crippen molar-refractivity contribution in [2.45, 2.75) is 95.2 Å². The molecule has 1 amide bonds. The molecule has 204 valence electrons. The molecule has 0 saturated carbocycles. The largest absolute Gasteiger partial charge is 0.461 e. The van der Waals surface area contributed by atoms with Gasteiger partial charge in [-0.05, 0) is 59.4 Å². The summed E-state index contributed by atoms with van der Waals surface area (Å²) in [5.74, 6) is 0.897. The zero-order valence-electron chi connectivity index (χ0n) is 22.4. The number of ether oxygens (including phenoxy) is 3. The lowest BCUT2D eigenvalue weighted by Gasteiger charge is -2.49. The van der Waals surface area contributed by atoms with Gasteiger partial charge in [-0.3, -0.25) is 4.90 Å². The van der Waals surface area contributed by atoms with Gasteiger partial charge < -0.3 is 24.0 Å². The lowest BCUT2D eigenvalue weighted by atomic mass is 9.85. The van der Waals surface area contributed by atoms with Crippen LogP contribution in [0, 0.1) is 0 Å². The molecular weight excluding hydrogens is 477 g/mol. The Labute approximate surface area is 218 Å². The van der Waals surface area contributed by atoms with Gasteiger partial charge in [0.05, 0.1) is 30.0 Å². The summed E-state index contributed by atoms with van der Waals surface area (Å²) in [6, 6.07) is 0.317. The Bertz CT molecular complexity index is 1040. The number of nitrogens with zero attached hydrogens (tertiary/aromatic N) is 5. The first kappa shape index (κ1) is 25.1. The van der Waals surface area contributed by atoms with Crippen LogP contribution in [0.2, 0.25) is 0 Å². The van der Waals surface area contributed by atoms with E-state index in [-0.39, 0.29) is 17.2 Å². The molecule has 9 nitrogen and oxygen atoms in total. The summed E-state index contributed by atoms with van der Waals surface area (Å²) < 4.78 is 32.2. The molecule has 1 spiro atoms. The molecule has 0 aromatic carbocycles. The second-order valence-corrected chi connectivity index (χ2v) is 12.6. The molecule has 4 fully saturated rings. The van der Waals surface area contributed by atoms with E-state index < -0.39 is 11.8 Å². The van der Waals surface area contributed by atoms with Gasteiger partial charge in [-0.1, -0.05) is 0 Å². The van der Waals surface area contributed by atoms with Crippen LogP contribution in [-0.4, -0.2) is 94.7 Å². The Balaban J connectivity index is 1.27. The molecule has 1 aromatic heterocycles. The fourth-order valence-corrected chi connectivity index (χ4v) is 6.84. The number of alkyl halides is 1. The van der Waals surface area contributed by atoms with Crippen LogP contribution in [0.4, 0.5) is 15.0 Å². The molecule has 6 heterocycles. The van der Waals surface area contributed by atoms with Gasteiger partial charge in [0.15, 0.2) is 0 Å². The highest BCUT2D eigenvalue weighted by Gasteiger charge is 2.49. The molecule has 0 N–H and O–H groups in total. The van der Waals surface area contributed by atoms with Crippen molar-refractivity contribution in [1.29, 1.82) is 0 Å². The third-order valence-electron chi connectivity index (χ3n) is 8.71. The molecule has 4 saturated heterocycles. The molecular formula is C27H40FN5O4. The maximum absolute atomic E-state index is 14.3. The minimum absolute atomic E-state index is 0.0718. The number of carbonyl (C=O) groups is 1. The van der Waals surface area contributed by atoms with Crippen LogP contribution in [-0.2, 0) is 22.4 Å². The maximum Gasteiger partial charge on any atom is 0.410 e. The monoisotopic (exact) mass is 517 g/mol. The van der Waals surface area contributed by atoms with Crippen molar-refractivity contribution in [2.24, 2.45) is 0 Å². The first-order valence-electron chi connectivity index (χ1n) is 13.9. The van der Waals surface area contributed by atoms with Gasteiger partial charge in [0.2, 0.25) is 0 Å². The minimum atomic E-state index is -0.807. The molecule has 10 heteroatoms. The van der Waals surface area contributed by atoms with Crippen molar-refractivity contribution in [3.63, 3.8) is 0 Å². The zero-order chi connectivity index (χ0) is 25.8. The average Bonchev–Trinajstić information content (AvgIpc) is 3.35. The highest BCUT2D eigenvalue weighted by molar-refractivity contribution is 5.69. The summed E-state index contributed by atoms with van der Waals surface area (Å²) in [4.78, 5) is 28.9. The van der Waals surface area contributed by atoms with Crippen LogP contribution in [0.25, 0.3) is 0 Å². The van der Waals surface area contributed by atoms with Crippen molar-refractivity contribution in [3.05, 3.63) is 11.3 Å². The topological polar surface area (TPSA) is 80.3 Å². The normalized spacial score (nSPS) is 31.7. The van der Waals surface area contributed by atoms with Crippen molar-refractivity contribution in [1.82, 2.24) is 19.8 Å². The van der Waals surface area contributed by atoms with E-state index in [1.54, 1.807) is 4.90 Å². The van der Waals surface area contributed by atoms with E-state index in [0.29, 0.717) is 45.1 Å². The fourth-order valence-electron chi connectivity index (χ4n) is 6.84. The first-order chi connectivity index (χ1) is 17.6. The zero-order valence-corrected chi connectivity index (χ0v) is 22.4. The van der Waals surface area contributed by atoms with E-state index in [4.69, 9.17) is 24.2 Å². The van der Waals surface area contributed by atoms with E-state index in [9.17, 15) is 9.18 Å². The van der Waals surface area contributed by atoms with Crippen molar-refractivity contribution < 1.29 is 23.4 Å². The van der Waals surface area contributed by atoms with Gasteiger partial charge in [-0.2, -0.15) is 9.97 Å². The third-order valence-corrected chi connectivity index (χ3v) is 8.71. The SMILES string of the molecule is CC(C)(C)OC(=O)N1CCc2c(nc(OC[C@@]34CCCN3C[C@H](F)C4)nc2N2CCCC3(CCO3)C2)C1. The number of halogens is 1. The van der Waals surface area contributed by atoms with Gasteiger partial charge in [-0.15, -0.1) is 0 Å². The Morgan fingerprint density at radius 3 is 2.73 bits per heavy atom. The molecule has 1 aromatic rings. The van der Waals surface area contributed by atoms with E-state index in [0.717, 1.165) is 75.4 Å². The molecule has 6 rings (SSSR count). The summed E-state index contributed by atoms with van der Waals surface area (Å²) in [6.07, 6.45) is 5.23. The van der Waals surface area contributed by atoms with Crippen LogP contribution in [0.15, 0.2) is 0 Å². The minimum Gasteiger partial charge on any atom is -0.461 e. The predicted octanol–water partition coefficient (Wildman–Crippen LogP) is 3.48. The van der Waals surface area contributed by atoms with Crippen molar-refractivity contribution >= 4 is 11.9 Å². The number of piperidine rings is 1. The number of anilines is 1. The summed E-state index contributed by atoms with van der Waals surface area (Å²) in [5, 5.41) is 0. The Morgan fingerprint density at radius 1 is 1.16 bits per heavy atom. The van der Waals surface area contributed by atoms with Crippen LogP contribution >= 0.6 is 0 Å². The van der Waals surface area contributed by atoms with Gasteiger partial charge in [0.25, 0.3) is 0 Å². The first-order valence-corrected chi connectivity index (χ1v) is 13.9. The van der Waals surface area contributed by atoms with Crippen LogP contribution in [0.3, 0.4) is 0 Å². The average molecular weight is 518 g/mol. The maximum atomic E-state index is 14.3. The Hall–Kier alpha value is -2.20. The lowest BCUT2D eigenvalue weighted by molar-refractivity contribution is -0.151. The number of aromatic nitrogens is 2. The van der Waals surface area contributed by atoms with Gasteiger partial charge >= 0.3 is 12.1 Å². The molecule has 1 unspecified atom stereocenters. The molecule has 5 aliphatic rings. The molecule has 37 heavy (non-hydrogen) atoms. The van der Waals surface area contributed by atoms with E-state index in [2.05, 4.69) is 9.80 Å². The molecule has 0 radical (unpaired) electrons. The molecule has 3 atom stereocenters. The second-order valence-electron chi connectivity index (χ2n) is 12.6. The van der Waals surface area contributed by atoms with Gasteiger partial charge in [0.1, 0.15) is 24.2 Å². The number of carbonyl (C=O) groups excluding carboxylic acids is 1. The highest BCUT2D eigenvalue weighted by atomic mass is 19.1. The fraction of sp³-hybridized carbons (Fsp3) is 0.815. The smallest absolute Gasteiger partial charge is 0.410 e. The number of fused-ring (bicyclic) bond motifs is 2. The molecule has 5 aliphatic heterocycles. The van der Waals surface area contributed by atoms with Crippen LogP contribution in [0.1, 0.15) is 70.6 Å². The third kappa shape index (κ3) is 4.87. The van der Waals surface area contributed by atoms with Gasteiger partial charge in [0, 0.05) is 44.6 Å². The number of amides is 1. The van der Waals surface area contributed by atoms with Crippen molar-refractivity contribution in [3.8, 4) is 6.01 Å². The molecule has 0 aliphatic carbocycles. The van der Waals surface area contributed by atoms with E-state index in [1.165, 1.54) is 0 Å². The van der Waals surface area contributed by atoms with Crippen LogP contribution in [0.5, 0.6) is 6.01 Å². The predicted molar refractivity (Wildman–Crippen MR) is 136 cm³/mol. The summed E-state index contributed by atoms with van der Waals surface area (Å²) in [7, 11) is 0.